The van der Waals surface area contributed by atoms with Crippen LogP contribution in [-0.4, -0.2) is 9.55 Å². The van der Waals surface area contributed by atoms with E-state index in [1.807, 2.05) is 25.2 Å². The molecule has 21 heavy (non-hydrogen) atoms. The fourth-order valence-corrected chi connectivity index (χ4v) is 3.14. The highest BCUT2D eigenvalue weighted by Crippen LogP contribution is 2.35. The van der Waals surface area contributed by atoms with E-state index in [0.717, 1.165) is 37.7 Å². The van der Waals surface area contributed by atoms with Crippen molar-refractivity contribution in [1.82, 2.24) is 9.55 Å². The maximum atomic E-state index is 13.4. The predicted molar refractivity (Wildman–Crippen MR) is 97.9 cm³/mol. The monoisotopic (exact) mass is 456 g/mol. The van der Waals surface area contributed by atoms with Gasteiger partial charge < -0.3 is 4.57 Å². The van der Waals surface area contributed by atoms with Crippen LogP contribution in [0.5, 0.6) is 0 Å². The summed E-state index contributed by atoms with van der Waals surface area (Å²) >= 11 is 3.50. The standard InChI is InChI=1S/C16H10BrFN2.HI/c1-20-15-5-3-11(18)6-9(15)7-14-16(20)12-8-10(17)2-4-13(12)19-14;/h2-8H,1H3;1H. The second kappa shape index (κ2) is 5.21. The summed E-state index contributed by atoms with van der Waals surface area (Å²) in [5.41, 5.74) is 3.90. The number of rotatable bonds is 0. The quantitative estimate of drug-likeness (QED) is 0.326. The molecular weight excluding hydrogens is 446 g/mol. The van der Waals surface area contributed by atoms with Gasteiger partial charge in [-0.25, -0.2) is 9.37 Å². The average Bonchev–Trinajstić information content (AvgIpc) is 2.76. The molecule has 2 aromatic carbocycles. The van der Waals surface area contributed by atoms with E-state index in [-0.39, 0.29) is 29.8 Å². The van der Waals surface area contributed by atoms with Crippen molar-refractivity contribution in [2.45, 2.75) is 0 Å². The molecule has 0 atom stereocenters. The van der Waals surface area contributed by atoms with Crippen LogP contribution >= 0.6 is 39.9 Å². The van der Waals surface area contributed by atoms with E-state index < -0.39 is 0 Å². The summed E-state index contributed by atoms with van der Waals surface area (Å²) in [5.74, 6) is -0.226. The maximum absolute atomic E-state index is 13.4. The summed E-state index contributed by atoms with van der Waals surface area (Å²) in [4.78, 5) is 4.63. The third-order valence-electron chi connectivity index (χ3n) is 3.68. The van der Waals surface area contributed by atoms with E-state index in [9.17, 15) is 4.39 Å². The number of pyridine rings is 1. The zero-order valence-electron chi connectivity index (χ0n) is 11.1. The van der Waals surface area contributed by atoms with Crippen molar-refractivity contribution in [2.24, 2.45) is 7.05 Å². The Morgan fingerprint density at radius 1 is 1.10 bits per heavy atom. The SMILES string of the molecule is Cn1c2c3cc(Br)ccc3nc-2cc2cc(F)ccc21.I. The molecule has 2 nitrogen and oxygen atoms in total. The summed E-state index contributed by atoms with van der Waals surface area (Å²) < 4.78 is 16.5. The molecule has 2 aliphatic heterocycles. The molecule has 0 aromatic heterocycles. The highest BCUT2D eigenvalue weighted by Gasteiger charge is 2.16. The Balaban J connectivity index is 0.00000132. The van der Waals surface area contributed by atoms with Crippen molar-refractivity contribution in [2.75, 3.05) is 0 Å². The van der Waals surface area contributed by atoms with Gasteiger partial charge in [0.25, 0.3) is 0 Å². The first kappa shape index (κ1) is 14.7. The molecule has 0 N–H and O–H groups in total. The molecule has 106 valence electrons. The van der Waals surface area contributed by atoms with Crippen LogP contribution in [0.1, 0.15) is 0 Å². The van der Waals surface area contributed by atoms with Crippen LogP contribution in [0.2, 0.25) is 0 Å². The fraction of sp³-hybridized carbons (Fsp3) is 0.0625. The van der Waals surface area contributed by atoms with Crippen molar-refractivity contribution < 1.29 is 4.39 Å². The molecule has 2 aromatic rings. The van der Waals surface area contributed by atoms with Crippen LogP contribution < -0.4 is 0 Å². The van der Waals surface area contributed by atoms with Crippen LogP contribution in [0.4, 0.5) is 4.39 Å². The number of halogens is 3. The zero-order valence-corrected chi connectivity index (χ0v) is 15.0. The summed E-state index contributed by atoms with van der Waals surface area (Å²) in [6.45, 7) is 0. The summed E-state index contributed by atoms with van der Waals surface area (Å²) in [7, 11) is 1.99. The van der Waals surface area contributed by atoms with Gasteiger partial charge in [-0.1, -0.05) is 15.9 Å². The van der Waals surface area contributed by atoms with Crippen LogP contribution in [0.15, 0.2) is 46.9 Å². The van der Waals surface area contributed by atoms with Gasteiger partial charge in [-0.05, 0) is 42.5 Å². The smallest absolute Gasteiger partial charge is 0.123 e. The number of nitrogens with zero attached hydrogens (tertiary/aromatic N) is 2. The number of fused-ring (bicyclic) bond motifs is 4. The van der Waals surface area contributed by atoms with Gasteiger partial charge in [0.1, 0.15) is 5.82 Å². The lowest BCUT2D eigenvalue weighted by Gasteiger charge is -2.12. The van der Waals surface area contributed by atoms with Gasteiger partial charge in [0.15, 0.2) is 0 Å². The van der Waals surface area contributed by atoms with E-state index in [0.29, 0.717) is 0 Å². The maximum Gasteiger partial charge on any atom is 0.123 e. The minimum atomic E-state index is -0.226. The van der Waals surface area contributed by atoms with Gasteiger partial charge in [0.05, 0.1) is 16.9 Å². The summed E-state index contributed by atoms with van der Waals surface area (Å²) in [6, 6.07) is 12.8. The second-order valence-corrected chi connectivity index (χ2v) is 5.83. The van der Waals surface area contributed by atoms with Gasteiger partial charge in [-0.2, -0.15) is 0 Å². The fourth-order valence-electron chi connectivity index (χ4n) is 2.78. The normalized spacial score (nSPS) is 11.2. The Morgan fingerprint density at radius 3 is 2.71 bits per heavy atom. The lowest BCUT2D eigenvalue weighted by atomic mass is 10.1. The molecule has 0 saturated carbocycles. The van der Waals surface area contributed by atoms with Gasteiger partial charge >= 0.3 is 0 Å². The van der Waals surface area contributed by atoms with Crippen molar-refractivity contribution in [3.05, 3.63) is 52.8 Å². The molecule has 0 amide bonds. The molecule has 5 heteroatoms. The molecular formula is C16H11BrFIN2. The molecule has 0 saturated heterocycles. The minimum Gasteiger partial charge on any atom is -0.342 e. The van der Waals surface area contributed by atoms with Gasteiger partial charge in [-0.15, -0.1) is 24.0 Å². The zero-order chi connectivity index (χ0) is 13.9. The van der Waals surface area contributed by atoms with E-state index in [1.54, 1.807) is 12.1 Å². The van der Waals surface area contributed by atoms with Crippen LogP contribution in [0.3, 0.4) is 0 Å². The van der Waals surface area contributed by atoms with E-state index >= 15 is 0 Å². The number of hydrogen-bond donors (Lipinski definition) is 0. The molecule has 0 spiro atoms. The van der Waals surface area contributed by atoms with Crippen molar-refractivity contribution in [3.8, 4) is 11.4 Å². The van der Waals surface area contributed by atoms with Crippen molar-refractivity contribution >= 4 is 61.7 Å². The Morgan fingerprint density at radius 2 is 1.90 bits per heavy atom. The largest absolute Gasteiger partial charge is 0.342 e. The molecule has 0 aliphatic carbocycles. The lowest BCUT2D eigenvalue weighted by Crippen LogP contribution is -1.99. The third kappa shape index (κ3) is 2.23. The average molecular weight is 457 g/mol. The Hall–Kier alpha value is -1.21. The predicted octanol–water partition coefficient (Wildman–Crippen LogP) is 5.35. The van der Waals surface area contributed by atoms with Gasteiger partial charge in [0, 0.05) is 27.8 Å². The first-order valence-electron chi connectivity index (χ1n) is 6.27. The topological polar surface area (TPSA) is 17.8 Å². The molecule has 0 radical (unpaired) electrons. The number of aromatic nitrogens is 2. The Bertz CT molecular complexity index is 948. The van der Waals surface area contributed by atoms with E-state index in [2.05, 4.69) is 31.5 Å². The first-order chi connectivity index (χ1) is 9.63. The van der Waals surface area contributed by atoms with Crippen molar-refractivity contribution in [1.29, 1.82) is 0 Å². The van der Waals surface area contributed by atoms with Crippen LogP contribution in [0, 0.1) is 5.82 Å². The van der Waals surface area contributed by atoms with Crippen LogP contribution in [0.25, 0.3) is 33.2 Å². The van der Waals surface area contributed by atoms with Crippen LogP contribution in [-0.2, 0) is 7.05 Å². The Labute approximate surface area is 146 Å². The number of benzene rings is 2. The third-order valence-corrected chi connectivity index (χ3v) is 4.17. The first-order valence-corrected chi connectivity index (χ1v) is 7.07. The minimum absolute atomic E-state index is 0. The summed E-state index contributed by atoms with van der Waals surface area (Å²) in [5, 5.41) is 1.96. The lowest BCUT2D eigenvalue weighted by molar-refractivity contribution is 0.629. The molecule has 2 heterocycles. The molecule has 2 aliphatic rings. The van der Waals surface area contributed by atoms with Gasteiger partial charge in [-0.3, -0.25) is 0 Å². The number of hydrogen-bond acceptors (Lipinski definition) is 1. The highest BCUT2D eigenvalue weighted by molar-refractivity contribution is 14.0. The Kier molecular flexibility index (Phi) is 3.65. The van der Waals surface area contributed by atoms with Gasteiger partial charge in [0.2, 0.25) is 0 Å². The highest BCUT2D eigenvalue weighted by atomic mass is 127. The summed E-state index contributed by atoms with van der Waals surface area (Å²) in [6.07, 6.45) is 0. The second-order valence-electron chi connectivity index (χ2n) is 4.91. The van der Waals surface area contributed by atoms with E-state index in [4.69, 9.17) is 0 Å². The number of aryl methyl sites for hydroxylation is 1. The van der Waals surface area contributed by atoms with Crippen molar-refractivity contribution in [3.63, 3.8) is 0 Å². The molecule has 0 unspecified atom stereocenters. The molecule has 0 fully saturated rings. The molecule has 0 bridgehead atoms. The van der Waals surface area contributed by atoms with E-state index in [1.165, 1.54) is 6.07 Å². The molecule has 4 rings (SSSR count).